The van der Waals surface area contributed by atoms with Crippen molar-refractivity contribution in [1.29, 1.82) is 0 Å². The lowest BCUT2D eigenvalue weighted by Crippen LogP contribution is -2.45. The minimum absolute atomic E-state index is 0.463. The molecule has 1 fully saturated rings. The van der Waals surface area contributed by atoms with Crippen molar-refractivity contribution in [2.45, 2.75) is 71.9 Å². The van der Waals surface area contributed by atoms with Crippen molar-refractivity contribution >= 4 is 0 Å². The van der Waals surface area contributed by atoms with E-state index in [1.54, 1.807) is 0 Å². The molecule has 1 atom stereocenters. The van der Waals surface area contributed by atoms with Crippen LogP contribution in [0.1, 0.15) is 60.3 Å². The summed E-state index contributed by atoms with van der Waals surface area (Å²) in [6.45, 7) is 17.8. The first kappa shape index (κ1) is 20.0. The Morgan fingerprint density at radius 2 is 1.87 bits per heavy atom. The van der Waals surface area contributed by atoms with Gasteiger partial charge in [0, 0.05) is 32.3 Å². The second-order valence-corrected chi connectivity index (χ2v) is 6.57. The van der Waals surface area contributed by atoms with Crippen LogP contribution in [0, 0.1) is 0 Å². The Morgan fingerprint density at radius 1 is 1.26 bits per heavy atom. The topological polar surface area (TPSA) is 35.9 Å². The largest absolute Gasteiger partial charge is 0.386 e. The Hall–Kier alpha value is -1.00. The Labute approximate surface area is 142 Å². The Bertz CT molecular complexity index is 398. The average Bonchev–Trinajstić information content (AvgIpc) is 2.55. The third kappa shape index (κ3) is 4.98. The molecule has 1 heterocycles. The highest BCUT2D eigenvalue weighted by atomic mass is 16.5. The first-order valence-corrected chi connectivity index (χ1v) is 9.10. The predicted molar refractivity (Wildman–Crippen MR) is 97.0 cm³/mol. The number of rotatable bonds is 9. The molecule has 0 radical (unpaired) electrons. The van der Waals surface area contributed by atoms with Crippen LogP contribution in [-0.2, 0) is 4.74 Å². The summed E-state index contributed by atoms with van der Waals surface area (Å²) < 4.78 is 5.53. The van der Waals surface area contributed by atoms with Crippen LogP contribution in [0.2, 0.25) is 0 Å². The fourth-order valence-electron chi connectivity index (χ4n) is 3.45. The van der Waals surface area contributed by atoms with E-state index in [4.69, 9.17) is 4.74 Å². The van der Waals surface area contributed by atoms with Gasteiger partial charge in [0.05, 0.1) is 5.60 Å². The average molecular weight is 325 g/mol. The van der Waals surface area contributed by atoms with Gasteiger partial charge in [0.2, 0.25) is 0 Å². The van der Waals surface area contributed by atoms with Crippen molar-refractivity contribution in [2.24, 2.45) is 0 Å². The quantitative estimate of drug-likeness (QED) is 0.701. The van der Waals surface area contributed by atoms with Gasteiger partial charge >= 0.3 is 0 Å². The number of ether oxygens (including phenoxy) is 1. The van der Waals surface area contributed by atoms with E-state index >= 15 is 0 Å². The van der Waals surface area contributed by atoms with Gasteiger partial charge < -0.3 is 19.6 Å². The standard InChI is InChI=1S/C19H36N2O2/c1-7-13-19(6,22)16(5)18(20(8-2)9-3)21(10-4)17-11-14-23-15-12-17/h8,17,22H,2,7,9-15H2,1,3-6H3/b18-16+. The molecule has 0 aromatic heterocycles. The molecule has 1 aliphatic rings. The second kappa shape index (κ2) is 9.33. The van der Waals surface area contributed by atoms with Crippen LogP contribution in [0.15, 0.2) is 24.2 Å². The van der Waals surface area contributed by atoms with Crippen LogP contribution < -0.4 is 0 Å². The maximum atomic E-state index is 11.0. The summed E-state index contributed by atoms with van der Waals surface area (Å²) in [4.78, 5) is 4.60. The summed E-state index contributed by atoms with van der Waals surface area (Å²) in [6, 6.07) is 0.463. The van der Waals surface area contributed by atoms with E-state index in [2.05, 4.69) is 44.1 Å². The van der Waals surface area contributed by atoms with E-state index in [0.29, 0.717) is 6.04 Å². The zero-order valence-electron chi connectivity index (χ0n) is 15.8. The highest BCUT2D eigenvalue weighted by molar-refractivity contribution is 5.22. The van der Waals surface area contributed by atoms with E-state index < -0.39 is 5.60 Å². The molecule has 0 bridgehead atoms. The monoisotopic (exact) mass is 324 g/mol. The number of hydrogen-bond acceptors (Lipinski definition) is 4. The van der Waals surface area contributed by atoms with E-state index in [-0.39, 0.29) is 0 Å². The molecule has 4 heteroatoms. The Balaban J connectivity index is 3.28. The first-order chi connectivity index (χ1) is 10.9. The minimum atomic E-state index is -0.793. The van der Waals surface area contributed by atoms with Crippen LogP contribution >= 0.6 is 0 Å². The van der Waals surface area contributed by atoms with Gasteiger partial charge in [0.1, 0.15) is 5.82 Å². The minimum Gasteiger partial charge on any atom is -0.386 e. The van der Waals surface area contributed by atoms with Gasteiger partial charge in [-0.3, -0.25) is 0 Å². The van der Waals surface area contributed by atoms with Crippen LogP contribution in [0.5, 0.6) is 0 Å². The van der Waals surface area contributed by atoms with Crippen molar-refractivity contribution in [2.75, 3.05) is 26.3 Å². The van der Waals surface area contributed by atoms with E-state index in [1.165, 1.54) is 0 Å². The van der Waals surface area contributed by atoms with Gasteiger partial charge in [-0.25, -0.2) is 0 Å². The maximum absolute atomic E-state index is 11.0. The maximum Gasteiger partial charge on any atom is 0.110 e. The number of nitrogens with zero attached hydrogens (tertiary/aromatic N) is 2. The molecule has 0 aliphatic carbocycles. The number of aliphatic hydroxyl groups is 1. The van der Waals surface area contributed by atoms with Crippen LogP contribution in [0.3, 0.4) is 0 Å². The first-order valence-electron chi connectivity index (χ1n) is 9.10. The molecule has 0 saturated carbocycles. The molecule has 23 heavy (non-hydrogen) atoms. The molecule has 0 aromatic rings. The lowest BCUT2D eigenvalue weighted by molar-refractivity contribution is 0.0332. The summed E-state index contributed by atoms with van der Waals surface area (Å²) in [5.74, 6) is 1.12. The van der Waals surface area contributed by atoms with E-state index in [0.717, 1.165) is 63.4 Å². The lowest BCUT2D eigenvalue weighted by Gasteiger charge is -2.43. The lowest BCUT2D eigenvalue weighted by atomic mass is 9.91. The molecule has 1 aliphatic heterocycles. The molecule has 0 spiro atoms. The molecular formula is C19H36N2O2. The molecule has 1 unspecified atom stereocenters. The zero-order valence-corrected chi connectivity index (χ0v) is 15.8. The van der Waals surface area contributed by atoms with Gasteiger partial charge in [0.15, 0.2) is 0 Å². The third-order valence-corrected chi connectivity index (χ3v) is 4.96. The van der Waals surface area contributed by atoms with Crippen molar-refractivity contribution in [1.82, 2.24) is 9.80 Å². The highest BCUT2D eigenvalue weighted by Gasteiger charge is 2.31. The summed E-state index contributed by atoms with van der Waals surface area (Å²) in [7, 11) is 0. The molecule has 1 N–H and O–H groups in total. The normalized spacial score (nSPS) is 19.7. The molecule has 1 saturated heterocycles. The van der Waals surface area contributed by atoms with Crippen LogP contribution in [-0.4, -0.2) is 52.9 Å². The Kier molecular flexibility index (Phi) is 8.13. The highest BCUT2D eigenvalue weighted by Crippen LogP contribution is 2.31. The summed E-state index contributed by atoms with van der Waals surface area (Å²) in [6.07, 6.45) is 5.68. The second-order valence-electron chi connectivity index (χ2n) is 6.57. The molecule has 0 aromatic carbocycles. The van der Waals surface area contributed by atoms with Crippen molar-refractivity contribution in [3.8, 4) is 0 Å². The van der Waals surface area contributed by atoms with Gasteiger partial charge in [-0.05, 0) is 58.7 Å². The van der Waals surface area contributed by atoms with E-state index in [1.807, 2.05) is 13.1 Å². The summed E-state index contributed by atoms with van der Waals surface area (Å²) in [5, 5.41) is 11.0. The van der Waals surface area contributed by atoms with Crippen molar-refractivity contribution in [3.05, 3.63) is 24.2 Å². The molecule has 4 nitrogen and oxygen atoms in total. The summed E-state index contributed by atoms with van der Waals surface area (Å²) in [5.41, 5.74) is 0.244. The molecule has 0 amide bonds. The SMILES string of the molecule is C=CN(CC)/C(=C(/C)C(C)(O)CCC)N(CC)C1CCOCC1. The molecule has 1 rings (SSSR count). The van der Waals surface area contributed by atoms with Gasteiger partial charge in [-0.15, -0.1) is 0 Å². The molecular weight excluding hydrogens is 288 g/mol. The number of hydrogen-bond donors (Lipinski definition) is 1. The summed E-state index contributed by atoms with van der Waals surface area (Å²) >= 11 is 0. The smallest absolute Gasteiger partial charge is 0.110 e. The van der Waals surface area contributed by atoms with E-state index in [9.17, 15) is 5.11 Å². The fourth-order valence-corrected chi connectivity index (χ4v) is 3.45. The molecule has 134 valence electrons. The predicted octanol–water partition coefficient (Wildman–Crippen LogP) is 3.74. The van der Waals surface area contributed by atoms with Crippen molar-refractivity contribution in [3.63, 3.8) is 0 Å². The Morgan fingerprint density at radius 3 is 2.30 bits per heavy atom. The van der Waals surface area contributed by atoms with Gasteiger partial charge in [0.25, 0.3) is 0 Å². The van der Waals surface area contributed by atoms with Crippen LogP contribution in [0.25, 0.3) is 0 Å². The van der Waals surface area contributed by atoms with Gasteiger partial charge in [-0.1, -0.05) is 19.9 Å². The van der Waals surface area contributed by atoms with Crippen LogP contribution in [0.4, 0.5) is 0 Å². The van der Waals surface area contributed by atoms with Gasteiger partial charge in [-0.2, -0.15) is 0 Å². The third-order valence-electron chi connectivity index (χ3n) is 4.96. The fraction of sp³-hybridized carbons (Fsp3) is 0.789. The zero-order chi connectivity index (χ0) is 17.5. The van der Waals surface area contributed by atoms with Crippen molar-refractivity contribution < 1.29 is 9.84 Å².